The second-order valence-corrected chi connectivity index (χ2v) is 11.6. The molecule has 3 aliphatic rings. The third-order valence-electron chi connectivity index (χ3n) is 7.49. The topological polar surface area (TPSA) is 292 Å². The molecule has 20 heteroatoms. The lowest BCUT2D eigenvalue weighted by molar-refractivity contribution is -0.374. The quantitative estimate of drug-likeness (QED) is 0.0942. The van der Waals surface area contributed by atoms with Crippen LogP contribution in [0, 0.1) is 0 Å². The number of hydrogen-bond acceptors (Lipinski definition) is 17. The summed E-state index contributed by atoms with van der Waals surface area (Å²) in [5, 5.41) is 83.0. The summed E-state index contributed by atoms with van der Waals surface area (Å²) < 4.78 is 64.6. The molecule has 9 N–H and O–H groups in total. The number of amides is 1. The summed E-state index contributed by atoms with van der Waals surface area (Å²) in [5.74, 6) is -0.572. The first-order valence-corrected chi connectivity index (χ1v) is 14.9. The van der Waals surface area contributed by atoms with E-state index >= 15 is 0 Å². The predicted octanol–water partition coefficient (Wildman–Crippen LogP) is -5.45. The fourth-order valence-corrected chi connectivity index (χ4v) is 5.83. The van der Waals surface area contributed by atoms with E-state index in [0.717, 1.165) is 4.90 Å². The summed E-state index contributed by atoms with van der Waals surface area (Å²) in [7, 11) is -5.26. The molecule has 19 nitrogen and oxygen atoms in total. The van der Waals surface area contributed by atoms with Gasteiger partial charge < -0.3 is 69.4 Å². The Morgan fingerprint density at radius 1 is 0.791 bits per heavy atom. The molecule has 0 spiro atoms. The Labute approximate surface area is 247 Å². The van der Waals surface area contributed by atoms with E-state index in [1.165, 1.54) is 13.8 Å². The van der Waals surface area contributed by atoms with Crippen LogP contribution in [0.1, 0.15) is 27.2 Å². The molecular formula is C23H41NO18S. The van der Waals surface area contributed by atoms with Crippen LogP contribution in [0.5, 0.6) is 0 Å². The van der Waals surface area contributed by atoms with Crippen LogP contribution in [0.15, 0.2) is 0 Å². The summed E-state index contributed by atoms with van der Waals surface area (Å²) in [6.07, 6.45) is -24.1. The van der Waals surface area contributed by atoms with Crippen LogP contribution in [0.2, 0.25) is 0 Å². The summed E-state index contributed by atoms with van der Waals surface area (Å²) >= 11 is 0. The molecule has 0 saturated carbocycles. The molecule has 0 aromatic rings. The van der Waals surface area contributed by atoms with Gasteiger partial charge in [0.2, 0.25) is 5.91 Å². The normalized spacial score (nSPS) is 44.2. The van der Waals surface area contributed by atoms with Gasteiger partial charge >= 0.3 is 10.4 Å². The lowest BCUT2D eigenvalue weighted by Gasteiger charge is -2.51. The van der Waals surface area contributed by atoms with Gasteiger partial charge in [0.05, 0.1) is 19.3 Å². The van der Waals surface area contributed by atoms with E-state index in [4.69, 9.17) is 28.2 Å². The van der Waals surface area contributed by atoms with Crippen molar-refractivity contribution in [3.05, 3.63) is 0 Å². The lowest BCUT2D eigenvalue weighted by Crippen LogP contribution is -2.70. The summed E-state index contributed by atoms with van der Waals surface area (Å²) in [6.45, 7) is 2.49. The van der Waals surface area contributed by atoms with Crippen LogP contribution in [0.25, 0.3) is 0 Å². The van der Waals surface area contributed by atoms with Gasteiger partial charge in [0.25, 0.3) is 0 Å². The van der Waals surface area contributed by atoms with Gasteiger partial charge in [0.1, 0.15) is 67.1 Å². The van der Waals surface area contributed by atoms with Crippen molar-refractivity contribution in [1.29, 1.82) is 0 Å². The zero-order valence-electron chi connectivity index (χ0n) is 23.5. The van der Waals surface area contributed by atoms with Crippen LogP contribution in [-0.4, -0.2) is 176 Å². The number of ether oxygens (including phenoxy) is 5. The fourth-order valence-electron chi connectivity index (χ4n) is 5.32. The van der Waals surface area contributed by atoms with Gasteiger partial charge in [-0.15, -0.1) is 0 Å². The first kappa shape index (κ1) is 36.3. The van der Waals surface area contributed by atoms with Crippen molar-refractivity contribution in [1.82, 2.24) is 4.90 Å². The molecule has 1 amide bonds. The Balaban J connectivity index is 2.05. The third kappa shape index (κ3) is 8.16. The average molecular weight is 652 g/mol. The Bertz CT molecular complexity index is 1020. The van der Waals surface area contributed by atoms with Crippen molar-refractivity contribution in [2.24, 2.45) is 0 Å². The Hall–Kier alpha value is -1.18. The van der Waals surface area contributed by atoms with Gasteiger partial charge in [-0.05, 0) is 13.3 Å². The Kier molecular flexibility index (Phi) is 12.6. The minimum absolute atomic E-state index is 0.0359. The molecule has 0 bridgehead atoms. The van der Waals surface area contributed by atoms with Crippen molar-refractivity contribution >= 4 is 16.3 Å². The standard InChI is InChI=1S/C23H41NO18S/c1-4-5-24(9(3)27)12-19(41-22-16(31)15(30)13(28)8(2)37-22)18(11(7-26)38-21(12)33)40-23-17(32)20(42-43(34,35)36)14(29)10(6-25)39-23/h8,10-23,25-26,28-33H,4-7H2,1-3H3,(H,34,35,36)/t8-,10+,11+,12+,13+,14-,15+,16-,17+,18+,19+,20-,21+,22-,23-/m0/s1. The van der Waals surface area contributed by atoms with Gasteiger partial charge in [-0.1, -0.05) is 6.92 Å². The molecular weight excluding hydrogens is 610 g/mol. The highest BCUT2D eigenvalue weighted by atomic mass is 32.3. The molecule has 3 saturated heterocycles. The van der Waals surface area contributed by atoms with Gasteiger partial charge in [-0.25, -0.2) is 4.18 Å². The monoisotopic (exact) mass is 651 g/mol. The van der Waals surface area contributed by atoms with Gasteiger partial charge in [0, 0.05) is 13.5 Å². The van der Waals surface area contributed by atoms with Crippen LogP contribution in [-0.2, 0) is 43.1 Å². The maximum absolute atomic E-state index is 12.7. The molecule has 3 aliphatic heterocycles. The minimum Gasteiger partial charge on any atom is -0.394 e. The van der Waals surface area contributed by atoms with Crippen molar-refractivity contribution in [3.8, 4) is 0 Å². The second-order valence-electron chi connectivity index (χ2n) is 10.5. The van der Waals surface area contributed by atoms with E-state index in [-0.39, 0.29) is 6.54 Å². The molecule has 252 valence electrons. The van der Waals surface area contributed by atoms with Crippen LogP contribution < -0.4 is 0 Å². The van der Waals surface area contributed by atoms with Crippen molar-refractivity contribution in [2.45, 2.75) is 119 Å². The van der Waals surface area contributed by atoms with Crippen molar-refractivity contribution in [2.75, 3.05) is 19.8 Å². The molecule has 0 aromatic heterocycles. The fraction of sp³-hybridized carbons (Fsp3) is 0.957. The Morgan fingerprint density at radius 2 is 1.37 bits per heavy atom. The van der Waals surface area contributed by atoms with Crippen molar-refractivity contribution in [3.63, 3.8) is 0 Å². The number of nitrogens with zero attached hydrogens (tertiary/aromatic N) is 1. The van der Waals surface area contributed by atoms with Gasteiger partial charge in [-0.3, -0.25) is 9.35 Å². The first-order chi connectivity index (χ1) is 20.1. The smallest absolute Gasteiger partial charge is 0.394 e. The third-order valence-corrected chi connectivity index (χ3v) is 7.95. The molecule has 0 unspecified atom stereocenters. The highest BCUT2D eigenvalue weighted by Gasteiger charge is 2.56. The maximum atomic E-state index is 12.7. The summed E-state index contributed by atoms with van der Waals surface area (Å²) in [5.41, 5.74) is 0. The number of aliphatic hydroxyl groups is 8. The minimum atomic E-state index is -5.26. The number of hydrogen-bond donors (Lipinski definition) is 9. The molecule has 15 atom stereocenters. The molecule has 3 fully saturated rings. The number of carbonyl (C=O) groups is 1. The van der Waals surface area contributed by atoms with E-state index in [1.807, 2.05) is 0 Å². The maximum Gasteiger partial charge on any atom is 0.397 e. The zero-order chi connectivity index (χ0) is 32.4. The first-order valence-electron chi connectivity index (χ1n) is 13.6. The largest absolute Gasteiger partial charge is 0.397 e. The lowest BCUT2D eigenvalue weighted by atomic mass is 9.93. The number of aliphatic hydroxyl groups excluding tert-OH is 8. The van der Waals surface area contributed by atoms with E-state index in [2.05, 4.69) is 4.18 Å². The molecule has 3 rings (SSSR count). The molecule has 0 radical (unpaired) electrons. The zero-order valence-corrected chi connectivity index (χ0v) is 24.4. The molecule has 43 heavy (non-hydrogen) atoms. The van der Waals surface area contributed by atoms with Gasteiger partial charge in [0.15, 0.2) is 18.9 Å². The number of carbonyl (C=O) groups excluding carboxylic acids is 1. The van der Waals surface area contributed by atoms with E-state index in [0.29, 0.717) is 6.42 Å². The van der Waals surface area contributed by atoms with Crippen LogP contribution in [0.4, 0.5) is 0 Å². The average Bonchev–Trinajstić information content (AvgIpc) is 2.93. The van der Waals surface area contributed by atoms with Crippen LogP contribution in [0.3, 0.4) is 0 Å². The van der Waals surface area contributed by atoms with Gasteiger partial charge in [-0.2, -0.15) is 8.42 Å². The SMILES string of the molecule is CCCN(C(C)=O)[C@@H]1[C@@H](O[C@@H]2O[C@@H](C)[C@@H](O)[C@@H](O)[C@@H]2O)[C@H](O[C@@H]2O[C@H](CO)[C@H](O)[C@H](OS(=O)(=O)O)[C@H]2O)[C@@H](CO)O[C@H]1O. The van der Waals surface area contributed by atoms with E-state index in [1.54, 1.807) is 6.92 Å². The molecule has 0 aromatic carbocycles. The van der Waals surface area contributed by atoms with E-state index < -0.39 is 122 Å². The number of rotatable bonds is 11. The molecule has 0 aliphatic carbocycles. The van der Waals surface area contributed by atoms with Crippen molar-refractivity contribution < 1.29 is 86.5 Å². The summed E-state index contributed by atoms with van der Waals surface area (Å²) in [6, 6.07) is -1.45. The van der Waals surface area contributed by atoms with E-state index in [9.17, 15) is 54.1 Å². The predicted molar refractivity (Wildman–Crippen MR) is 136 cm³/mol. The second kappa shape index (κ2) is 14.9. The highest BCUT2D eigenvalue weighted by Crippen LogP contribution is 2.35. The van der Waals surface area contributed by atoms with Crippen LogP contribution >= 0.6 is 0 Å². The molecule has 3 heterocycles. The highest BCUT2D eigenvalue weighted by molar-refractivity contribution is 7.80. The summed E-state index contributed by atoms with van der Waals surface area (Å²) in [4.78, 5) is 13.8. The Morgan fingerprint density at radius 3 is 1.91 bits per heavy atom.